The topological polar surface area (TPSA) is 66.4 Å². The summed E-state index contributed by atoms with van der Waals surface area (Å²) in [6.45, 7) is 4.62. The van der Waals surface area contributed by atoms with E-state index in [2.05, 4.69) is 27.2 Å². The zero-order chi connectivity index (χ0) is 15.0. The Morgan fingerprint density at radius 3 is 2.76 bits per heavy atom. The molecule has 0 bridgehead atoms. The molecule has 8 heteroatoms. The second-order valence-corrected chi connectivity index (χ2v) is 8.14. The third kappa shape index (κ3) is 2.88. The number of thiophene rings is 1. The zero-order valence-corrected chi connectivity index (χ0v) is 13.7. The fourth-order valence-corrected chi connectivity index (χ4v) is 4.43. The number of fused-ring (bicyclic) bond motifs is 1. The van der Waals surface area contributed by atoms with Gasteiger partial charge >= 0.3 is 0 Å². The molecule has 1 saturated heterocycles. The van der Waals surface area contributed by atoms with Gasteiger partial charge in [0.25, 0.3) is 0 Å². The van der Waals surface area contributed by atoms with Crippen LogP contribution in [0, 0.1) is 6.92 Å². The molecule has 0 unspecified atom stereocenters. The summed E-state index contributed by atoms with van der Waals surface area (Å²) in [6, 6.07) is 0. The summed E-state index contributed by atoms with van der Waals surface area (Å²) in [7, 11) is -3.12. The van der Waals surface area contributed by atoms with Crippen LogP contribution in [0.15, 0.2) is 11.7 Å². The monoisotopic (exact) mass is 326 g/mol. The van der Waals surface area contributed by atoms with Gasteiger partial charge in [-0.1, -0.05) is 0 Å². The Balaban J connectivity index is 1.91. The van der Waals surface area contributed by atoms with E-state index in [1.165, 1.54) is 11.8 Å². The van der Waals surface area contributed by atoms with Gasteiger partial charge in [-0.05, 0) is 24.3 Å². The molecule has 1 aliphatic heterocycles. The molecule has 21 heavy (non-hydrogen) atoms. The Morgan fingerprint density at radius 2 is 2.00 bits per heavy atom. The Kier molecular flexibility index (Phi) is 3.85. The molecule has 0 atom stereocenters. The van der Waals surface area contributed by atoms with Crippen LogP contribution in [0.3, 0.4) is 0 Å². The first kappa shape index (κ1) is 14.7. The van der Waals surface area contributed by atoms with Crippen molar-refractivity contribution in [1.82, 2.24) is 14.3 Å². The standard InChI is InChI=1S/C13H18N4O2S2/c1-10-8-20-13-11(10)12(14-9-15-13)16-4-3-5-17(7-6-16)21(2,18)19/h8-9H,3-7H2,1-2H3. The van der Waals surface area contributed by atoms with Gasteiger partial charge in [0, 0.05) is 26.2 Å². The van der Waals surface area contributed by atoms with E-state index >= 15 is 0 Å². The molecule has 2 aromatic rings. The highest BCUT2D eigenvalue weighted by molar-refractivity contribution is 7.88. The van der Waals surface area contributed by atoms with Crippen LogP contribution in [-0.2, 0) is 10.0 Å². The van der Waals surface area contributed by atoms with Crippen molar-refractivity contribution < 1.29 is 8.42 Å². The third-order valence-electron chi connectivity index (χ3n) is 3.76. The average Bonchev–Trinajstić information content (AvgIpc) is 2.67. The largest absolute Gasteiger partial charge is 0.355 e. The maximum atomic E-state index is 11.7. The Labute approximate surface area is 128 Å². The minimum absolute atomic E-state index is 0.507. The Hall–Kier alpha value is -1.25. The van der Waals surface area contributed by atoms with Crippen molar-refractivity contribution in [3.8, 4) is 0 Å². The summed E-state index contributed by atoms with van der Waals surface area (Å²) in [4.78, 5) is 11.9. The number of sulfonamides is 1. The Bertz CT molecular complexity index is 757. The van der Waals surface area contributed by atoms with Gasteiger partial charge in [-0.25, -0.2) is 22.7 Å². The lowest BCUT2D eigenvalue weighted by Gasteiger charge is -2.22. The summed E-state index contributed by atoms with van der Waals surface area (Å²) in [5.41, 5.74) is 1.18. The molecule has 0 aromatic carbocycles. The second-order valence-electron chi connectivity index (χ2n) is 5.30. The quantitative estimate of drug-likeness (QED) is 0.836. The number of hydrogen-bond donors (Lipinski definition) is 0. The molecule has 0 amide bonds. The lowest BCUT2D eigenvalue weighted by molar-refractivity contribution is 0.437. The molecule has 2 aromatic heterocycles. The molecule has 0 aliphatic carbocycles. The second kappa shape index (κ2) is 5.51. The summed E-state index contributed by atoms with van der Waals surface area (Å²) in [6.07, 6.45) is 3.67. The molecule has 6 nitrogen and oxygen atoms in total. The molecule has 0 saturated carbocycles. The zero-order valence-electron chi connectivity index (χ0n) is 12.1. The van der Waals surface area contributed by atoms with E-state index < -0.39 is 10.0 Å². The SMILES string of the molecule is Cc1csc2ncnc(N3CCCN(S(C)(=O)=O)CC3)c12. The van der Waals surface area contributed by atoms with E-state index in [1.807, 2.05) is 0 Å². The summed E-state index contributed by atoms with van der Waals surface area (Å²) < 4.78 is 24.9. The number of aromatic nitrogens is 2. The normalized spacial score (nSPS) is 18.1. The van der Waals surface area contributed by atoms with E-state index in [1.54, 1.807) is 22.0 Å². The summed E-state index contributed by atoms with van der Waals surface area (Å²) in [5.74, 6) is 0.925. The van der Waals surface area contributed by atoms with Crippen LogP contribution in [0.4, 0.5) is 5.82 Å². The van der Waals surface area contributed by atoms with Crippen molar-refractivity contribution in [3.63, 3.8) is 0 Å². The third-order valence-corrected chi connectivity index (χ3v) is 6.06. The van der Waals surface area contributed by atoms with Crippen molar-refractivity contribution in [3.05, 3.63) is 17.3 Å². The summed E-state index contributed by atoms with van der Waals surface area (Å²) in [5, 5.41) is 3.18. The summed E-state index contributed by atoms with van der Waals surface area (Å²) >= 11 is 1.62. The van der Waals surface area contributed by atoms with Crippen LogP contribution in [0.2, 0.25) is 0 Å². The van der Waals surface area contributed by atoms with Crippen LogP contribution in [0.25, 0.3) is 10.2 Å². The van der Waals surface area contributed by atoms with Gasteiger partial charge in [0.05, 0.1) is 11.6 Å². The minimum Gasteiger partial charge on any atom is -0.355 e. The highest BCUT2D eigenvalue weighted by atomic mass is 32.2. The minimum atomic E-state index is -3.12. The molecule has 0 radical (unpaired) electrons. The van der Waals surface area contributed by atoms with Crippen LogP contribution in [0.5, 0.6) is 0 Å². The predicted molar refractivity (Wildman–Crippen MR) is 85.4 cm³/mol. The highest BCUT2D eigenvalue weighted by Gasteiger charge is 2.23. The fourth-order valence-electron chi connectivity index (χ4n) is 2.68. The van der Waals surface area contributed by atoms with Crippen LogP contribution >= 0.6 is 11.3 Å². The van der Waals surface area contributed by atoms with Gasteiger partial charge in [-0.15, -0.1) is 11.3 Å². The van der Waals surface area contributed by atoms with E-state index in [-0.39, 0.29) is 0 Å². The first-order valence-electron chi connectivity index (χ1n) is 6.85. The first-order chi connectivity index (χ1) is 9.97. The molecule has 0 spiro atoms. The molecule has 114 valence electrons. The lowest BCUT2D eigenvalue weighted by Crippen LogP contribution is -2.34. The predicted octanol–water partition coefficient (Wildman–Crippen LogP) is 1.47. The van der Waals surface area contributed by atoms with Crippen LogP contribution < -0.4 is 4.90 Å². The van der Waals surface area contributed by atoms with Gasteiger partial charge in [0.15, 0.2) is 0 Å². The number of rotatable bonds is 2. The van der Waals surface area contributed by atoms with Crippen LogP contribution in [-0.4, -0.2) is 55.1 Å². The Morgan fingerprint density at radius 1 is 1.19 bits per heavy atom. The van der Waals surface area contributed by atoms with Gasteiger partial charge in [0.1, 0.15) is 17.0 Å². The average molecular weight is 326 g/mol. The molecular formula is C13H18N4O2S2. The van der Waals surface area contributed by atoms with Crippen molar-refractivity contribution in [2.75, 3.05) is 37.3 Å². The van der Waals surface area contributed by atoms with E-state index in [4.69, 9.17) is 0 Å². The number of nitrogens with zero attached hydrogens (tertiary/aromatic N) is 4. The van der Waals surface area contributed by atoms with Crippen molar-refractivity contribution in [2.45, 2.75) is 13.3 Å². The number of anilines is 1. The van der Waals surface area contributed by atoms with E-state index in [9.17, 15) is 8.42 Å². The maximum Gasteiger partial charge on any atom is 0.211 e. The molecular weight excluding hydrogens is 308 g/mol. The van der Waals surface area contributed by atoms with E-state index in [0.717, 1.165) is 29.0 Å². The molecule has 3 heterocycles. The smallest absolute Gasteiger partial charge is 0.211 e. The molecule has 1 aliphatic rings. The van der Waals surface area contributed by atoms with Crippen molar-refractivity contribution >= 4 is 37.4 Å². The van der Waals surface area contributed by atoms with Crippen molar-refractivity contribution in [2.24, 2.45) is 0 Å². The maximum absolute atomic E-state index is 11.7. The lowest BCUT2D eigenvalue weighted by atomic mass is 10.2. The fraction of sp³-hybridized carbons (Fsp3) is 0.538. The van der Waals surface area contributed by atoms with Gasteiger partial charge in [-0.3, -0.25) is 0 Å². The molecule has 0 N–H and O–H groups in total. The number of aryl methyl sites for hydroxylation is 1. The first-order valence-corrected chi connectivity index (χ1v) is 9.58. The number of hydrogen-bond acceptors (Lipinski definition) is 6. The van der Waals surface area contributed by atoms with Crippen LogP contribution in [0.1, 0.15) is 12.0 Å². The van der Waals surface area contributed by atoms with Gasteiger partial charge in [0.2, 0.25) is 10.0 Å². The van der Waals surface area contributed by atoms with Crippen molar-refractivity contribution in [1.29, 1.82) is 0 Å². The van der Waals surface area contributed by atoms with E-state index in [0.29, 0.717) is 19.6 Å². The molecule has 3 rings (SSSR count). The highest BCUT2D eigenvalue weighted by Crippen LogP contribution is 2.31. The van der Waals surface area contributed by atoms with Gasteiger partial charge in [-0.2, -0.15) is 0 Å². The molecule has 1 fully saturated rings. The van der Waals surface area contributed by atoms with Gasteiger partial charge < -0.3 is 4.90 Å².